The number of aliphatic carboxylic acids is 1. The van der Waals surface area contributed by atoms with Crippen LogP contribution < -0.4 is 5.32 Å². The van der Waals surface area contributed by atoms with Crippen LogP contribution in [0, 0.1) is 11.3 Å². The van der Waals surface area contributed by atoms with Crippen molar-refractivity contribution < 1.29 is 27.9 Å². The second-order valence-electron chi connectivity index (χ2n) is 4.72. The molecule has 1 unspecified atom stereocenters. The predicted octanol–water partition coefficient (Wildman–Crippen LogP) is 2.10. The number of hydrogen-bond acceptors (Lipinski definition) is 3. The fourth-order valence-corrected chi connectivity index (χ4v) is 1.75. The van der Waals surface area contributed by atoms with Crippen LogP contribution in [-0.4, -0.2) is 34.8 Å². The first-order valence-corrected chi connectivity index (χ1v) is 6.15. The van der Waals surface area contributed by atoms with Crippen LogP contribution in [0.15, 0.2) is 0 Å². The van der Waals surface area contributed by atoms with Gasteiger partial charge in [0, 0.05) is 12.3 Å². The van der Waals surface area contributed by atoms with Crippen molar-refractivity contribution in [3.63, 3.8) is 0 Å². The highest BCUT2D eigenvalue weighted by atomic mass is 32.2. The summed E-state index contributed by atoms with van der Waals surface area (Å²) in [5, 5.41) is 11.1. The number of carbonyl (C=O) groups is 2. The van der Waals surface area contributed by atoms with Crippen molar-refractivity contribution in [2.24, 2.45) is 11.3 Å². The zero-order chi connectivity index (χ0) is 14.6. The van der Waals surface area contributed by atoms with Crippen LogP contribution >= 0.6 is 11.8 Å². The van der Waals surface area contributed by atoms with E-state index < -0.39 is 28.7 Å². The Morgan fingerprint density at radius 1 is 1.28 bits per heavy atom. The summed E-state index contributed by atoms with van der Waals surface area (Å²) in [7, 11) is 0. The quantitative estimate of drug-likeness (QED) is 0.600. The molecule has 1 amide bonds. The van der Waals surface area contributed by atoms with E-state index in [9.17, 15) is 22.8 Å². The van der Waals surface area contributed by atoms with E-state index in [2.05, 4.69) is 5.32 Å². The molecule has 0 aliphatic rings. The van der Waals surface area contributed by atoms with Gasteiger partial charge in [0.1, 0.15) is 5.92 Å². The molecule has 0 aromatic carbocycles. The smallest absolute Gasteiger partial charge is 0.441 e. The van der Waals surface area contributed by atoms with Gasteiger partial charge in [-0.1, -0.05) is 20.8 Å². The molecule has 8 heteroatoms. The lowest BCUT2D eigenvalue weighted by Gasteiger charge is -2.25. The normalized spacial score (nSPS) is 14.1. The molecule has 0 aromatic rings. The summed E-state index contributed by atoms with van der Waals surface area (Å²) < 4.78 is 35.4. The number of alkyl halides is 3. The van der Waals surface area contributed by atoms with Crippen molar-refractivity contribution in [2.45, 2.75) is 26.3 Å². The lowest BCUT2D eigenvalue weighted by atomic mass is 9.80. The summed E-state index contributed by atoms with van der Waals surface area (Å²) in [4.78, 5) is 22.5. The molecule has 0 bridgehead atoms. The molecule has 0 spiro atoms. The first kappa shape index (κ1) is 17.1. The van der Waals surface area contributed by atoms with E-state index in [1.54, 1.807) is 20.8 Å². The standard InChI is InChI=1S/C10H16F3NO3S/c1-9(2,3)6(8(16)17)7(15)14-4-5-18-10(11,12)13/h6H,4-5H2,1-3H3,(H,14,15)(H,16,17). The predicted molar refractivity (Wildman–Crippen MR) is 62.1 cm³/mol. The van der Waals surface area contributed by atoms with Crippen LogP contribution in [0.2, 0.25) is 0 Å². The first-order valence-electron chi connectivity index (χ1n) is 5.16. The second-order valence-corrected chi connectivity index (χ2v) is 5.88. The van der Waals surface area contributed by atoms with Crippen LogP contribution in [0.4, 0.5) is 13.2 Å². The second kappa shape index (κ2) is 6.31. The number of amides is 1. The maximum absolute atomic E-state index is 11.8. The zero-order valence-corrected chi connectivity index (χ0v) is 11.1. The monoisotopic (exact) mass is 287 g/mol. The Labute approximate surface area is 107 Å². The highest BCUT2D eigenvalue weighted by molar-refractivity contribution is 8.00. The van der Waals surface area contributed by atoms with E-state index >= 15 is 0 Å². The van der Waals surface area contributed by atoms with Gasteiger partial charge in [-0.15, -0.1) is 0 Å². The molecule has 18 heavy (non-hydrogen) atoms. The van der Waals surface area contributed by atoms with Crippen molar-refractivity contribution in [2.75, 3.05) is 12.3 Å². The minimum Gasteiger partial charge on any atom is -0.481 e. The topological polar surface area (TPSA) is 66.4 Å². The highest BCUT2D eigenvalue weighted by Gasteiger charge is 2.37. The summed E-state index contributed by atoms with van der Waals surface area (Å²) >= 11 is -0.259. The molecular formula is C10H16F3NO3S. The van der Waals surface area contributed by atoms with Gasteiger partial charge in [-0.2, -0.15) is 13.2 Å². The van der Waals surface area contributed by atoms with Crippen molar-refractivity contribution in [3.8, 4) is 0 Å². The number of carbonyl (C=O) groups excluding carboxylic acids is 1. The van der Waals surface area contributed by atoms with E-state index in [0.717, 1.165) is 0 Å². The summed E-state index contributed by atoms with van der Waals surface area (Å²) in [5.74, 6) is -3.68. The number of nitrogens with one attached hydrogen (secondary N) is 1. The van der Waals surface area contributed by atoms with Gasteiger partial charge in [-0.25, -0.2) is 0 Å². The Morgan fingerprint density at radius 2 is 1.78 bits per heavy atom. The van der Waals surface area contributed by atoms with Crippen LogP contribution in [0.1, 0.15) is 20.8 Å². The Hall–Kier alpha value is -0.920. The Kier molecular flexibility index (Phi) is 5.98. The SMILES string of the molecule is CC(C)(C)C(C(=O)O)C(=O)NCCSC(F)(F)F. The molecule has 0 radical (unpaired) electrons. The number of carboxylic acids is 1. The molecule has 0 fully saturated rings. The van der Waals surface area contributed by atoms with Crippen molar-refractivity contribution in [3.05, 3.63) is 0 Å². The highest BCUT2D eigenvalue weighted by Crippen LogP contribution is 2.29. The number of carboxylic acid groups (broad SMARTS) is 1. The number of rotatable bonds is 5. The third kappa shape index (κ3) is 6.73. The van der Waals surface area contributed by atoms with Gasteiger partial charge in [0.2, 0.25) is 5.91 Å². The summed E-state index contributed by atoms with van der Waals surface area (Å²) in [6.45, 7) is 4.52. The largest absolute Gasteiger partial charge is 0.481 e. The molecular weight excluding hydrogens is 271 g/mol. The molecule has 106 valence electrons. The molecule has 0 aliphatic heterocycles. The summed E-state index contributed by atoms with van der Waals surface area (Å²) in [6.07, 6.45) is 0. The van der Waals surface area contributed by atoms with Crippen molar-refractivity contribution in [1.82, 2.24) is 5.32 Å². The molecule has 0 aromatic heterocycles. The molecule has 0 saturated carbocycles. The number of halogens is 3. The maximum atomic E-state index is 11.8. The molecule has 0 saturated heterocycles. The minimum atomic E-state index is -4.35. The Balaban J connectivity index is 4.26. The molecule has 0 heterocycles. The molecule has 0 rings (SSSR count). The first-order chi connectivity index (χ1) is 7.95. The lowest BCUT2D eigenvalue weighted by Crippen LogP contribution is -2.43. The summed E-state index contributed by atoms with van der Waals surface area (Å²) in [6, 6.07) is 0. The average molecular weight is 287 g/mol. The van der Waals surface area contributed by atoms with Gasteiger partial charge in [0.25, 0.3) is 0 Å². The summed E-state index contributed by atoms with van der Waals surface area (Å²) in [5.41, 5.74) is -5.14. The van der Waals surface area contributed by atoms with Crippen molar-refractivity contribution >= 4 is 23.6 Å². The van der Waals surface area contributed by atoms with Gasteiger partial charge in [-0.05, 0) is 17.2 Å². The van der Waals surface area contributed by atoms with E-state index in [0.29, 0.717) is 0 Å². The molecule has 4 nitrogen and oxygen atoms in total. The number of thioether (sulfide) groups is 1. The van der Waals surface area contributed by atoms with E-state index in [1.807, 2.05) is 0 Å². The van der Waals surface area contributed by atoms with Crippen LogP contribution in [-0.2, 0) is 9.59 Å². The molecule has 0 aliphatic carbocycles. The van der Waals surface area contributed by atoms with Crippen LogP contribution in [0.3, 0.4) is 0 Å². The lowest BCUT2D eigenvalue weighted by molar-refractivity contribution is -0.151. The Bertz CT molecular complexity index is 312. The molecule has 1 atom stereocenters. The van der Waals surface area contributed by atoms with Gasteiger partial charge in [-0.3, -0.25) is 9.59 Å². The maximum Gasteiger partial charge on any atom is 0.441 e. The van der Waals surface area contributed by atoms with Gasteiger partial charge >= 0.3 is 11.5 Å². The molecule has 2 N–H and O–H groups in total. The van der Waals surface area contributed by atoms with E-state index in [4.69, 9.17) is 5.11 Å². The zero-order valence-electron chi connectivity index (χ0n) is 10.3. The van der Waals surface area contributed by atoms with Gasteiger partial charge < -0.3 is 10.4 Å². The Morgan fingerprint density at radius 3 is 2.11 bits per heavy atom. The van der Waals surface area contributed by atoms with E-state index in [1.165, 1.54) is 0 Å². The third-order valence-corrected chi connectivity index (χ3v) is 2.78. The minimum absolute atomic E-state index is 0.219. The van der Waals surface area contributed by atoms with Gasteiger partial charge in [0.05, 0.1) is 0 Å². The van der Waals surface area contributed by atoms with Gasteiger partial charge in [0.15, 0.2) is 0 Å². The fraction of sp³-hybridized carbons (Fsp3) is 0.800. The fourth-order valence-electron chi connectivity index (χ4n) is 1.32. The van der Waals surface area contributed by atoms with Crippen LogP contribution in [0.5, 0.6) is 0 Å². The van der Waals surface area contributed by atoms with E-state index in [-0.39, 0.29) is 24.1 Å². The number of hydrogen-bond donors (Lipinski definition) is 2. The average Bonchev–Trinajstić information content (AvgIpc) is 2.07. The van der Waals surface area contributed by atoms with Crippen LogP contribution in [0.25, 0.3) is 0 Å². The third-order valence-electron chi connectivity index (χ3n) is 2.04. The van der Waals surface area contributed by atoms with Crippen molar-refractivity contribution in [1.29, 1.82) is 0 Å².